The van der Waals surface area contributed by atoms with Crippen molar-refractivity contribution in [2.24, 2.45) is 0 Å². The van der Waals surface area contributed by atoms with Crippen molar-refractivity contribution < 1.29 is 40.5 Å². The van der Waals surface area contributed by atoms with E-state index in [4.69, 9.17) is 4.74 Å². The summed E-state index contributed by atoms with van der Waals surface area (Å²) in [6.45, 7) is 3.60. The number of ether oxygens (including phenoxy) is 1. The van der Waals surface area contributed by atoms with Crippen LogP contribution in [0.15, 0.2) is 11.8 Å². The van der Waals surface area contributed by atoms with Crippen molar-refractivity contribution in [1.29, 1.82) is 0 Å². The summed E-state index contributed by atoms with van der Waals surface area (Å²) in [7, 11) is 1.49. The third-order valence-corrected chi connectivity index (χ3v) is 1.58. The van der Waals surface area contributed by atoms with E-state index in [0.717, 1.165) is 6.42 Å². The molecule has 0 saturated carbocycles. The van der Waals surface area contributed by atoms with E-state index in [2.05, 4.69) is 0 Å². The van der Waals surface area contributed by atoms with E-state index in [9.17, 15) is 9.90 Å². The number of hydrogen-bond acceptors (Lipinski definition) is 3. The summed E-state index contributed by atoms with van der Waals surface area (Å²) in [6.07, 6.45) is 2.10. The van der Waals surface area contributed by atoms with Crippen LogP contribution in [0.2, 0.25) is 0 Å². The quantitative estimate of drug-likeness (QED) is 0.467. The smallest absolute Gasteiger partial charge is 0.159 e. The maximum atomic E-state index is 11.0. The van der Waals surface area contributed by atoms with Crippen LogP contribution in [0.3, 0.4) is 0 Å². The van der Waals surface area contributed by atoms with E-state index in [1.807, 2.05) is 6.92 Å². The molecule has 0 aliphatic rings. The summed E-state index contributed by atoms with van der Waals surface area (Å²) in [6, 6.07) is 0. The molecule has 0 fully saturated rings. The van der Waals surface area contributed by atoms with Crippen LogP contribution in [0, 0.1) is 0 Å². The molecule has 3 nitrogen and oxygen atoms in total. The van der Waals surface area contributed by atoms with Crippen molar-refractivity contribution in [3.05, 3.63) is 11.8 Å². The average molecular weight is 351 g/mol. The molecule has 0 bridgehead atoms. The van der Waals surface area contributed by atoms with Gasteiger partial charge >= 0.3 is 0 Å². The Kier molecular flexibility index (Phi) is 10.3. The first-order valence-corrected chi connectivity index (χ1v) is 4.08. The third-order valence-electron chi connectivity index (χ3n) is 1.58. The second-order valence-electron chi connectivity index (χ2n) is 2.66. The van der Waals surface area contributed by atoms with Gasteiger partial charge in [-0.25, -0.2) is 0 Å². The standard InChI is InChI=1S/C9H16O3.Hf/c1-4-5-8(10)6-9(11)7(2)12-3;/h6-7,11H,4-5H2,1-3H3;/b9-6-;. The van der Waals surface area contributed by atoms with Crippen molar-refractivity contribution in [1.82, 2.24) is 0 Å². The molecular weight excluding hydrogens is 335 g/mol. The number of methoxy groups -OCH3 is 1. The first-order valence-electron chi connectivity index (χ1n) is 4.08. The fourth-order valence-electron chi connectivity index (χ4n) is 0.722. The van der Waals surface area contributed by atoms with Crippen molar-refractivity contribution in [3.63, 3.8) is 0 Å². The Bertz CT molecular complexity index is 178. The Hall–Kier alpha value is 0.0401. The molecule has 0 aromatic carbocycles. The van der Waals surface area contributed by atoms with Gasteiger partial charge in [-0.2, -0.15) is 0 Å². The predicted molar refractivity (Wildman–Crippen MR) is 47.1 cm³/mol. The molecule has 0 amide bonds. The van der Waals surface area contributed by atoms with Crippen molar-refractivity contribution >= 4 is 5.78 Å². The normalized spacial score (nSPS) is 13.3. The monoisotopic (exact) mass is 352 g/mol. The number of carbonyl (C=O) groups is 1. The molecule has 0 heterocycles. The molecule has 13 heavy (non-hydrogen) atoms. The van der Waals surface area contributed by atoms with Crippen LogP contribution < -0.4 is 0 Å². The second-order valence-corrected chi connectivity index (χ2v) is 2.66. The molecular formula is C9H16HfO3. The van der Waals surface area contributed by atoms with Crippen LogP contribution >= 0.6 is 0 Å². The van der Waals surface area contributed by atoms with Crippen LogP contribution in [0.4, 0.5) is 0 Å². The second kappa shape index (κ2) is 8.63. The Morgan fingerprint density at radius 1 is 1.62 bits per heavy atom. The zero-order valence-electron chi connectivity index (χ0n) is 8.33. The summed E-state index contributed by atoms with van der Waals surface area (Å²) >= 11 is 0. The number of allylic oxidation sites excluding steroid dienone is 1. The van der Waals surface area contributed by atoms with Gasteiger partial charge in [-0.3, -0.25) is 4.79 Å². The summed E-state index contributed by atoms with van der Waals surface area (Å²) in [5.74, 6) is -0.0603. The van der Waals surface area contributed by atoms with Gasteiger partial charge in [-0.1, -0.05) is 6.92 Å². The van der Waals surface area contributed by atoms with E-state index in [-0.39, 0.29) is 37.4 Å². The van der Waals surface area contributed by atoms with E-state index in [1.165, 1.54) is 13.2 Å². The van der Waals surface area contributed by atoms with Gasteiger partial charge in [-0.05, 0) is 13.3 Å². The minimum absolute atomic E-state index is 0. The van der Waals surface area contributed by atoms with Crippen LogP contribution in [0.5, 0.6) is 0 Å². The van der Waals surface area contributed by atoms with Crippen molar-refractivity contribution in [3.8, 4) is 0 Å². The molecule has 4 heteroatoms. The molecule has 0 aromatic heterocycles. The first kappa shape index (κ1) is 15.5. The van der Waals surface area contributed by atoms with Gasteiger partial charge in [0, 0.05) is 45.4 Å². The summed E-state index contributed by atoms with van der Waals surface area (Å²) in [4.78, 5) is 11.0. The Balaban J connectivity index is 0. The third kappa shape index (κ3) is 7.14. The van der Waals surface area contributed by atoms with E-state index >= 15 is 0 Å². The van der Waals surface area contributed by atoms with Gasteiger partial charge in [0.2, 0.25) is 0 Å². The van der Waals surface area contributed by atoms with Gasteiger partial charge in [0.1, 0.15) is 11.9 Å². The van der Waals surface area contributed by atoms with Crippen LogP contribution in [0.25, 0.3) is 0 Å². The molecule has 0 radical (unpaired) electrons. The largest absolute Gasteiger partial charge is 0.509 e. The summed E-state index contributed by atoms with van der Waals surface area (Å²) < 4.78 is 4.82. The molecule has 1 unspecified atom stereocenters. The molecule has 0 saturated heterocycles. The fraction of sp³-hybridized carbons (Fsp3) is 0.667. The number of ketones is 1. The van der Waals surface area contributed by atoms with Gasteiger partial charge < -0.3 is 9.84 Å². The van der Waals surface area contributed by atoms with Crippen molar-refractivity contribution in [2.45, 2.75) is 32.8 Å². The molecule has 1 atom stereocenters. The maximum Gasteiger partial charge on any atom is 0.159 e. The topological polar surface area (TPSA) is 46.5 Å². The minimum Gasteiger partial charge on any atom is -0.509 e. The van der Waals surface area contributed by atoms with E-state index in [1.54, 1.807) is 6.92 Å². The Morgan fingerprint density at radius 3 is 2.54 bits per heavy atom. The van der Waals surface area contributed by atoms with Gasteiger partial charge in [0.25, 0.3) is 0 Å². The minimum atomic E-state index is -0.397. The first-order chi connectivity index (χ1) is 5.61. The zero-order chi connectivity index (χ0) is 9.56. The fourth-order valence-corrected chi connectivity index (χ4v) is 0.722. The van der Waals surface area contributed by atoms with Gasteiger partial charge in [0.05, 0.1) is 0 Å². The van der Waals surface area contributed by atoms with E-state index < -0.39 is 6.10 Å². The Labute approximate surface area is 97.9 Å². The predicted octanol–water partition coefficient (Wildman–Crippen LogP) is 1.83. The zero-order valence-corrected chi connectivity index (χ0v) is 11.9. The van der Waals surface area contributed by atoms with Crippen LogP contribution in [-0.4, -0.2) is 24.1 Å². The van der Waals surface area contributed by atoms with Gasteiger partial charge in [-0.15, -0.1) is 0 Å². The summed E-state index contributed by atoms with van der Waals surface area (Å²) in [5, 5.41) is 9.23. The molecule has 0 spiro atoms. The number of aliphatic hydroxyl groups excluding tert-OH is 1. The number of aliphatic hydroxyl groups is 1. The molecule has 0 aliphatic heterocycles. The average Bonchev–Trinajstić information content (AvgIpc) is 2.03. The molecule has 74 valence electrons. The number of carbonyl (C=O) groups excluding carboxylic acids is 1. The van der Waals surface area contributed by atoms with Crippen LogP contribution in [-0.2, 0) is 35.4 Å². The molecule has 0 aromatic rings. The number of hydrogen-bond donors (Lipinski definition) is 1. The Morgan fingerprint density at radius 2 is 2.15 bits per heavy atom. The summed E-state index contributed by atoms with van der Waals surface area (Å²) in [5.41, 5.74) is 0. The maximum absolute atomic E-state index is 11.0. The van der Waals surface area contributed by atoms with Crippen molar-refractivity contribution in [2.75, 3.05) is 7.11 Å². The van der Waals surface area contributed by atoms with E-state index in [0.29, 0.717) is 6.42 Å². The molecule has 1 N–H and O–H groups in total. The SMILES string of the molecule is CCCC(=O)/C=C(\O)C(C)OC.[Hf]. The molecule has 0 rings (SSSR count). The van der Waals surface area contributed by atoms with Gasteiger partial charge in [0.15, 0.2) is 5.78 Å². The number of rotatable bonds is 5. The molecule has 0 aliphatic carbocycles. The van der Waals surface area contributed by atoms with Crippen LogP contribution in [0.1, 0.15) is 26.7 Å².